The van der Waals surface area contributed by atoms with E-state index in [9.17, 15) is 22.0 Å². The molecule has 1 amide bonds. The molecule has 2 aromatic carbocycles. The number of piperidine rings is 1. The Morgan fingerprint density at radius 3 is 2.39 bits per heavy atom. The first-order valence-corrected chi connectivity index (χ1v) is 11.6. The molecule has 6 nitrogen and oxygen atoms in total. The lowest BCUT2D eigenvalue weighted by atomic mass is 9.97. The van der Waals surface area contributed by atoms with Gasteiger partial charge < -0.3 is 10.2 Å². The second kappa shape index (κ2) is 9.84. The lowest BCUT2D eigenvalue weighted by Crippen LogP contribution is -2.44. The van der Waals surface area contributed by atoms with Crippen LogP contribution in [0.2, 0.25) is 0 Å². The number of benzene rings is 2. The van der Waals surface area contributed by atoms with Gasteiger partial charge in [0.1, 0.15) is 16.5 Å². The number of amides is 1. The molecule has 9 heteroatoms. The van der Waals surface area contributed by atoms with Crippen molar-refractivity contribution in [2.24, 2.45) is 5.92 Å². The Labute approximate surface area is 181 Å². The van der Waals surface area contributed by atoms with Crippen molar-refractivity contribution in [2.45, 2.75) is 23.8 Å². The van der Waals surface area contributed by atoms with Crippen LogP contribution in [0.4, 0.5) is 8.78 Å². The Morgan fingerprint density at radius 1 is 1.13 bits per heavy atom. The number of nitrogens with one attached hydrogen (secondary N) is 1. The number of rotatable bonds is 7. The molecule has 168 valence electrons. The number of likely N-dealkylation sites (N-methyl/N-ethyl adjacent to an activating group) is 1. The van der Waals surface area contributed by atoms with E-state index in [1.54, 1.807) is 0 Å². The number of sulfonamides is 1. The van der Waals surface area contributed by atoms with Crippen molar-refractivity contribution in [2.75, 3.05) is 33.7 Å². The monoisotopic (exact) mass is 451 g/mol. The van der Waals surface area contributed by atoms with Crippen LogP contribution in [0.5, 0.6) is 0 Å². The molecular formula is C22H27F2N3O3S. The number of carbonyl (C=O) groups excluding carboxylic acids is 1. The minimum absolute atomic E-state index is 0.0153. The molecular weight excluding hydrogens is 424 g/mol. The van der Waals surface area contributed by atoms with Gasteiger partial charge in [-0.2, -0.15) is 4.31 Å². The first kappa shape index (κ1) is 23.3. The second-order valence-electron chi connectivity index (χ2n) is 7.89. The van der Waals surface area contributed by atoms with Crippen LogP contribution in [0, 0.1) is 17.6 Å². The maximum Gasteiger partial charge on any atom is 0.246 e. The van der Waals surface area contributed by atoms with E-state index in [0.717, 1.165) is 22.0 Å². The van der Waals surface area contributed by atoms with Gasteiger partial charge in [-0.05, 0) is 50.7 Å². The van der Waals surface area contributed by atoms with Gasteiger partial charge in [-0.15, -0.1) is 0 Å². The zero-order chi connectivity index (χ0) is 22.6. The van der Waals surface area contributed by atoms with Crippen molar-refractivity contribution in [3.8, 4) is 0 Å². The van der Waals surface area contributed by atoms with E-state index in [1.807, 2.05) is 49.3 Å². The van der Waals surface area contributed by atoms with Crippen LogP contribution in [0.25, 0.3) is 0 Å². The van der Waals surface area contributed by atoms with E-state index in [1.165, 1.54) is 0 Å². The van der Waals surface area contributed by atoms with Gasteiger partial charge in [-0.1, -0.05) is 30.3 Å². The zero-order valence-electron chi connectivity index (χ0n) is 17.6. The fourth-order valence-corrected chi connectivity index (χ4v) is 5.33. The molecule has 1 saturated heterocycles. The van der Waals surface area contributed by atoms with E-state index >= 15 is 0 Å². The summed E-state index contributed by atoms with van der Waals surface area (Å²) in [5, 5.41) is 2.98. The molecule has 0 radical (unpaired) electrons. The lowest BCUT2D eigenvalue weighted by molar-refractivity contribution is -0.126. The Kier molecular flexibility index (Phi) is 7.40. The minimum Gasteiger partial charge on any atom is -0.354 e. The highest BCUT2D eigenvalue weighted by Gasteiger charge is 2.34. The third kappa shape index (κ3) is 5.47. The topological polar surface area (TPSA) is 69.7 Å². The highest BCUT2D eigenvalue weighted by atomic mass is 32.2. The van der Waals surface area contributed by atoms with Crippen LogP contribution >= 0.6 is 0 Å². The van der Waals surface area contributed by atoms with Gasteiger partial charge in [0.25, 0.3) is 0 Å². The first-order chi connectivity index (χ1) is 14.7. The van der Waals surface area contributed by atoms with Gasteiger partial charge in [-0.3, -0.25) is 4.79 Å². The normalized spacial score (nSPS) is 16.9. The predicted octanol–water partition coefficient (Wildman–Crippen LogP) is 2.78. The maximum atomic E-state index is 14.0. The van der Waals surface area contributed by atoms with Crippen LogP contribution in [0.3, 0.4) is 0 Å². The van der Waals surface area contributed by atoms with Crippen LogP contribution in [-0.4, -0.2) is 57.3 Å². The molecule has 1 unspecified atom stereocenters. The summed E-state index contributed by atoms with van der Waals surface area (Å²) in [6.07, 6.45) is 0.639. The van der Waals surface area contributed by atoms with Gasteiger partial charge >= 0.3 is 0 Å². The standard InChI is InChI=1S/C22H27F2N3O3S/c1-26(2)20(16-6-4-3-5-7-16)15-25-22(28)17-10-12-27(13-11-17)31(29,30)21-14-18(23)8-9-19(21)24/h3-9,14,17,20H,10-13,15H2,1-2H3,(H,25,28). The molecule has 0 bridgehead atoms. The molecule has 3 rings (SSSR count). The molecule has 0 aliphatic carbocycles. The number of hydrogen-bond acceptors (Lipinski definition) is 4. The van der Waals surface area contributed by atoms with E-state index in [0.29, 0.717) is 25.5 Å². The molecule has 1 atom stereocenters. The fraction of sp³-hybridized carbons (Fsp3) is 0.409. The average molecular weight is 452 g/mol. The summed E-state index contributed by atoms with van der Waals surface area (Å²) >= 11 is 0. The maximum absolute atomic E-state index is 14.0. The van der Waals surface area contributed by atoms with Gasteiger partial charge in [-0.25, -0.2) is 17.2 Å². The highest BCUT2D eigenvalue weighted by Crippen LogP contribution is 2.26. The van der Waals surface area contributed by atoms with Crippen molar-refractivity contribution in [3.05, 3.63) is 65.7 Å². The molecule has 1 heterocycles. The molecule has 1 aliphatic heterocycles. The zero-order valence-corrected chi connectivity index (χ0v) is 18.4. The summed E-state index contributed by atoms with van der Waals surface area (Å²) in [6, 6.07) is 12.2. The quantitative estimate of drug-likeness (QED) is 0.703. The lowest BCUT2D eigenvalue weighted by Gasteiger charge is -2.31. The molecule has 2 aromatic rings. The van der Waals surface area contributed by atoms with Crippen LogP contribution < -0.4 is 5.32 Å². The summed E-state index contributed by atoms with van der Waals surface area (Å²) in [5.74, 6) is -2.26. The number of carbonyl (C=O) groups is 1. The van der Waals surface area contributed by atoms with E-state index in [2.05, 4.69) is 5.32 Å². The Hall–Kier alpha value is -2.36. The SMILES string of the molecule is CN(C)C(CNC(=O)C1CCN(S(=O)(=O)c2cc(F)ccc2F)CC1)c1ccccc1. The third-order valence-electron chi connectivity index (χ3n) is 5.61. The largest absolute Gasteiger partial charge is 0.354 e. The molecule has 1 fully saturated rings. The van der Waals surface area contributed by atoms with Crippen LogP contribution in [-0.2, 0) is 14.8 Å². The summed E-state index contributed by atoms with van der Waals surface area (Å²) in [7, 11) is -0.271. The van der Waals surface area contributed by atoms with Gasteiger partial charge in [0.15, 0.2) is 0 Å². The minimum atomic E-state index is -4.16. The van der Waals surface area contributed by atoms with Crippen LogP contribution in [0.15, 0.2) is 53.4 Å². The van der Waals surface area contributed by atoms with Crippen molar-refractivity contribution >= 4 is 15.9 Å². The molecule has 1 N–H and O–H groups in total. The van der Waals surface area contributed by atoms with Crippen molar-refractivity contribution in [3.63, 3.8) is 0 Å². The smallest absolute Gasteiger partial charge is 0.246 e. The fourth-order valence-electron chi connectivity index (χ4n) is 3.79. The van der Waals surface area contributed by atoms with Gasteiger partial charge in [0, 0.05) is 25.6 Å². The summed E-state index contributed by atoms with van der Waals surface area (Å²) < 4.78 is 53.9. The average Bonchev–Trinajstić information content (AvgIpc) is 2.76. The number of nitrogens with zero attached hydrogens (tertiary/aromatic N) is 2. The summed E-state index contributed by atoms with van der Waals surface area (Å²) in [4.78, 5) is 14.0. The van der Waals surface area contributed by atoms with E-state index < -0.39 is 26.6 Å². The van der Waals surface area contributed by atoms with Gasteiger partial charge in [0.2, 0.25) is 15.9 Å². The summed E-state index contributed by atoms with van der Waals surface area (Å²) in [5.41, 5.74) is 1.09. The van der Waals surface area contributed by atoms with Crippen molar-refractivity contribution in [1.29, 1.82) is 0 Å². The van der Waals surface area contributed by atoms with Gasteiger partial charge in [0.05, 0.1) is 6.04 Å². The number of halogens is 2. The Morgan fingerprint density at radius 2 is 1.77 bits per heavy atom. The second-order valence-corrected chi connectivity index (χ2v) is 9.79. The van der Waals surface area contributed by atoms with Crippen molar-refractivity contribution < 1.29 is 22.0 Å². The molecule has 0 spiro atoms. The molecule has 0 aromatic heterocycles. The molecule has 31 heavy (non-hydrogen) atoms. The molecule has 1 aliphatic rings. The van der Waals surface area contributed by atoms with E-state index in [4.69, 9.17) is 0 Å². The van der Waals surface area contributed by atoms with Crippen LogP contribution in [0.1, 0.15) is 24.4 Å². The predicted molar refractivity (Wildman–Crippen MR) is 114 cm³/mol. The Balaban J connectivity index is 1.59. The highest BCUT2D eigenvalue weighted by molar-refractivity contribution is 7.89. The molecule has 0 saturated carbocycles. The van der Waals surface area contributed by atoms with Crippen molar-refractivity contribution in [1.82, 2.24) is 14.5 Å². The third-order valence-corrected chi connectivity index (χ3v) is 7.53. The Bertz CT molecular complexity index is 1010. The number of hydrogen-bond donors (Lipinski definition) is 1. The first-order valence-electron chi connectivity index (χ1n) is 10.1. The van der Waals surface area contributed by atoms with E-state index in [-0.39, 0.29) is 31.0 Å². The summed E-state index contributed by atoms with van der Waals surface area (Å²) in [6.45, 7) is 0.585.